The summed E-state index contributed by atoms with van der Waals surface area (Å²) in [6.45, 7) is 14.3. The van der Waals surface area contributed by atoms with E-state index in [-0.39, 0.29) is 13.2 Å². The maximum absolute atomic E-state index is 11.4. The first-order chi connectivity index (χ1) is 14.3. The lowest BCUT2D eigenvalue weighted by Gasteiger charge is -2.20. The zero-order valence-corrected chi connectivity index (χ0v) is 18.1. The summed E-state index contributed by atoms with van der Waals surface area (Å²) in [5.74, 6) is -0.0391. The standard InChI is InChI=1S/C24H30O6/c1-7-11-19-13-20(12-8-2)24(28-16-18(6)30-23(26)10-4)21(14-19)27-15-17(5)29-22(25)9-3/h7-14,17-18H,3-4,15-16H2,1-2,5-6H3/b11-7-,12-8-. The number of allylic oxidation sites excluding steroid dienone is 2. The van der Waals surface area contributed by atoms with Crippen LogP contribution >= 0.6 is 0 Å². The van der Waals surface area contributed by atoms with Gasteiger partial charge in [0.25, 0.3) is 0 Å². The summed E-state index contributed by atoms with van der Waals surface area (Å²) in [5.41, 5.74) is 1.73. The molecule has 0 aromatic heterocycles. The van der Waals surface area contributed by atoms with E-state index in [9.17, 15) is 9.59 Å². The number of benzene rings is 1. The fourth-order valence-corrected chi connectivity index (χ4v) is 2.47. The normalized spacial score (nSPS) is 12.9. The van der Waals surface area contributed by atoms with E-state index in [1.165, 1.54) is 0 Å². The molecule has 1 rings (SSSR count). The first-order valence-corrected chi connectivity index (χ1v) is 9.69. The van der Waals surface area contributed by atoms with Gasteiger partial charge < -0.3 is 18.9 Å². The van der Waals surface area contributed by atoms with Gasteiger partial charge in [-0.25, -0.2) is 9.59 Å². The van der Waals surface area contributed by atoms with Gasteiger partial charge in [-0.2, -0.15) is 0 Å². The van der Waals surface area contributed by atoms with Crippen LogP contribution in [0.25, 0.3) is 12.2 Å². The van der Waals surface area contributed by atoms with Gasteiger partial charge in [0.15, 0.2) is 11.5 Å². The van der Waals surface area contributed by atoms with Crippen molar-refractivity contribution in [3.8, 4) is 11.5 Å². The molecular weight excluding hydrogens is 384 g/mol. The predicted molar refractivity (Wildman–Crippen MR) is 118 cm³/mol. The van der Waals surface area contributed by atoms with Crippen LogP contribution in [0.3, 0.4) is 0 Å². The minimum atomic E-state index is -0.516. The van der Waals surface area contributed by atoms with E-state index in [1.807, 2.05) is 50.3 Å². The van der Waals surface area contributed by atoms with Crippen LogP contribution in [-0.4, -0.2) is 37.4 Å². The van der Waals surface area contributed by atoms with Crippen molar-refractivity contribution >= 4 is 24.1 Å². The van der Waals surface area contributed by atoms with Crippen LogP contribution < -0.4 is 9.47 Å². The number of hydrogen-bond donors (Lipinski definition) is 0. The molecule has 0 aliphatic carbocycles. The summed E-state index contributed by atoms with van der Waals surface area (Å²) >= 11 is 0. The van der Waals surface area contributed by atoms with Gasteiger partial charge in [0, 0.05) is 17.7 Å². The van der Waals surface area contributed by atoms with Gasteiger partial charge in [0.2, 0.25) is 0 Å². The summed E-state index contributed by atoms with van der Waals surface area (Å²) in [4.78, 5) is 22.8. The van der Waals surface area contributed by atoms with E-state index < -0.39 is 24.1 Å². The SMILES string of the molecule is C=CC(=O)OC(C)COc1cc(/C=C\C)cc(/C=C\C)c1OCC(C)OC(=O)C=C. The van der Waals surface area contributed by atoms with E-state index in [2.05, 4.69) is 13.2 Å². The lowest BCUT2D eigenvalue weighted by molar-refractivity contribution is -0.144. The molecule has 0 amide bonds. The minimum absolute atomic E-state index is 0.129. The smallest absolute Gasteiger partial charge is 0.330 e. The van der Waals surface area contributed by atoms with Crippen molar-refractivity contribution < 1.29 is 28.5 Å². The van der Waals surface area contributed by atoms with Crippen molar-refractivity contribution in [3.05, 3.63) is 60.7 Å². The van der Waals surface area contributed by atoms with Crippen LogP contribution in [0.2, 0.25) is 0 Å². The van der Waals surface area contributed by atoms with Crippen LogP contribution in [0, 0.1) is 0 Å². The van der Waals surface area contributed by atoms with Gasteiger partial charge in [-0.1, -0.05) is 37.5 Å². The molecule has 0 fully saturated rings. The Morgan fingerprint density at radius 2 is 1.43 bits per heavy atom. The molecule has 0 aliphatic heterocycles. The largest absolute Gasteiger partial charge is 0.486 e. The van der Waals surface area contributed by atoms with Crippen molar-refractivity contribution in [2.24, 2.45) is 0 Å². The molecule has 2 atom stereocenters. The highest BCUT2D eigenvalue weighted by atomic mass is 16.6. The Morgan fingerprint density at radius 1 is 0.900 bits per heavy atom. The third-order valence-corrected chi connectivity index (χ3v) is 3.72. The Kier molecular flexibility index (Phi) is 10.8. The lowest BCUT2D eigenvalue weighted by atomic mass is 10.1. The number of ether oxygens (including phenoxy) is 4. The highest BCUT2D eigenvalue weighted by Crippen LogP contribution is 2.35. The van der Waals surface area contributed by atoms with Crippen molar-refractivity contribution in [2.45, 2.75) is 39.9 Å². The van der Waals surface area contributed by atoms with E-state index in [4.69, 9.17) is 18.9 Å². The van der Waals surface area contributed by atoms with Crippen molar-refractivity contribution in [1.29, 1.82) is 0 Å². The molecular formula is C24H30O6. The fourth-order valence-electron chi connectivity index (χ4n) is 2.47. The summed E-state index contributed by atoms with van der Waals surface area (Å²) in [6, 6.07) is 3.80. The average Bonchev–Trinajstić information content (AvgIpc) is 2.71. The van der Waals surface area contributed by atoms with Gasteiger partial charge >= 0.3 is 11.9 Å². The van der Waals surface area contributed by atoms with Crippen LogP contribution in [0.5, 0.6) is 11.5 Å². The zero-order chi connectivity index (χ0) is 22.5. The van der Waals surface area contributed by atoms with Crippen molar-refractivity contribution in [3.63, 3.8) is 0 Å². The van der Waals surface area contributed by atoms with Gasteiger partial charge in [-0.3, -0.25) is 0 Å². The molecule has 1 aromatic rings. The molecule has 0 N–H and O–H groups in total. The topological polar surface area (TPSA) is 71.1 Å². The molecule has 6 nitrogen and oxygen atoms in total. The second-order valence-corrected chi connectivity index (χ2v) is 6.46. The van der Waals surface area contributed by atoms with E-state index in [1.54, 1.807) is 13.8 Å². The van der Waals surface area contributed by atoms with Gasteiger partial charge in [0.05, 0.1) is 0 Å². The number of carbonyl (C=O) groups excluding carboxylic acids is 2. The van der Waals surface area contributed by atoms with Crippen LogP contribution in [-0.2, 0) is 19.1 Å². The number of esters is 2. The van der Waals surface area contributed by atoms with E-state index in [0.29, 0.717) is 11.5 Å². The average molecular weight is 414 g/mol. The van der Waals surface area contributed by atoms with Crippen molar-refractivity contribution in [1.82, 2.24) is 0 Å². The Hall–Kier alpha value is -3.28. The molecule has 0 radical (unpaired) electrons. The van der Waals surface area contributed by atoms with Crippen LogP contribution in [0.15, 0.2) is 49.6 Å². The maximum atomic E-state index is 11.4. The molecule has 0 aliphatic rings. The Morgan fingerprint density at radius 3 is 1.93 bits per heavy atom. The fraction of sp³-hybridized carbons (Fsp3) is 0.333. The minimum Gasteiger partial charge on any atom is -0.486 e. The monoisotopic (exact) mass is 414 g/mol. The van der Waals surface area contributed by atoms with Gasteiger partial charge in [-0.15, -0.1) is 0 Å². The number of carbonyl (C=O) groups is 2. The molecule has 0 saturated carbocycles. The molecule has 30 heavy (non-hydrogen) atoms. The van der Waals surface area contributed by atoms with Gasteiger partial charge in [0.1, 0.15) is 25.4 Å². The van der Waals surface area contributed by atoms with E-state index >= 15 is 0 Å². The van der Waals surface area contributed by atoms with Crippen LogP contribution in [0.4, 0.5) is 0 Å². The second-order valence-electron chi connectivity index (χ2n) is 6.46. The molecule has 0 saturated heterocycles. The highest BCUT2D eigenvalue weighted by Gasteiger charge is 2.16. The predicted octanol–water partition coefficient (Wildman–Crippen LogP) is 4.75. The zero-order valence-electron chi connectivity index (χ0n) is 18.1. The Labute approximate surface area is 178 Å². The van der Waals surface area contributed by atoms with Crippen LogP contribution in [0.1, 0.15) is 38.8 Å². The number of rotatable bonds is 12. The van der Waals surface area contributed by atoms with E-state index in [0.717, 1.165) is 23.3 Å². The first-order valence-electron chi connectivity index (χ1n) is 9.69. The second kappa shape index (κ2) is 13.0. The summed E-state index contributed by atoms with van der Waals surface area (Å²) in [5, 5.41) is 0. The molecule has 2 unspecified atom stereocenters. The Bertz CT molecular complexity index is 806. The molecule has 1 aromatic carbocycles. The molecule has 0 bridgehead atoms. The Balaban J connectivity index is 3.13. The third-order valence-electron chi connectivity index (χ3n) is 3.72. The highest BCUT2D eigenvalue weighted by molar-refractivity contribution is 5.81. The third kappa shape index (κ3) is 8.39. The summed E-state index contributed by atoms with van der Waals surface area (Å²) < 4.78 is 22.2. The molecule has 162 valence electrons. The summed E-state index contributed by atoms with van der Waals surface area (Å²) in [6.07, 6.45) is 8.90. The lowest BCUT2D eigenvalue weighted by Crippen LogP contribution is -2.23. The first kappa shape index (κ1) is 24.8. The molecule has 0 heterocycles. The summed E-state index contributed by atoms with van der Waals surface area (Å²) in [7, 11) is 0. The molecule has 0 spiro atoms. The number of hydrogen-bond acceptors (Lipinski definition) is 6. The van der Waals surface area contributed by atoms with Gasteiger partial charge in [-0.05, 0) is 45.4 Å². The quantitative estimate of drug-likeness (QED) is 0.363. The maximum Gasteiger partial charge on any atom is 0.330 e. The van der Waals surface area contributed by atoms with Crippen molar-refractivity contribution in [2.75, 3.05) is 13.2 Å². The molecule has 6 heteroatoms.